The van der Waals surface area contributed by atoms with Gasteiger partial charge in [0.1, 0.15) is 0 Å². The van der Waals surface area contributed by atoms with Crippen LogP contribution in [0, 0.1) is 13.8 Å². The predicted molar refractivity (Wildman–Crippen MR) is 56.4 cm³/mol. The maximum atomic E-state index is 11.2. The van der Waals surface area contributed by atoms with Gasteiger partial charge in [-0.25, -0.2) is 0 Å². The minimum Gasteiger partial charge on any atom is -0.393 e. The van der Waals surface area contributed by atoms with E-state index in [1.807, 2.05) is 32.0 Å². The van der Waals surface area contributed by atoms with E-state index >= 15 is 0 Å². The molecule has 0 N–H and O–H groups in total. The van der Waals surface area contributed by atoms with E-state index in [1.54, 1.807) is 0 Å². The Labute approximate surface area is 89.1 Å². The Kier molecular flexibility index (Phi) is 3.61. The Bertz CT molecular complexity index is 394. The Morgan fingerprint density at radius 2 is 1.93 bits per heavy atom. The molecule has 1 rings (SSSR count). The molecular formula is C12H14O3. The van der Waals surface area contributed by atoms with Crippen molar-refractivity contribution < 1.29 is 14.3 Å². The molecule has 0 unspecified atom stereocenters. The molecule has 3 heteroatoms. The largest absolute Gasteiger partial charge is 0.393 e. The molecule has 0 spiro atoms. The van der Waals surface area contributed by atoms with Gasteiger partial charge in [-0.2, -0.15) is 0 Å². The number of ether oxygens (including phenoxy) is 1. The van der Waals surface area contributed by atoms with Crippen molar-refractivity contribution >= 4 is 11.9 Å². The summed E-state index contributed by atoms with van der Waals surface area (Å²) in [6.07, 6.45) is 0.146. The molecule has 0 heterocycles. The Morgan fingerprint density at radius 3 is 2.53 bits per heavy atom. The van der Waals surface area contributed by atoms with Crippen LogP contribution < -0.4 is 0 Å². The molecule has 0 atom stereocenters. The Hall–Kier alpha value is -1.64. The fourth-order valence-corrected chi connectivity index (χ4v) is 1.36. The maximum Gasteiger partial charge on any atom is 0.317 e. The number of carbonyl (C=O) groups is 2. The van der Waals surface area contributed by atoms with Crippen LogP contribution >= 0.6 is 0 Å². The van der Waals surface area contributed by atoms with Gasteiger partial charge in [-0.15, -0.1) is 0 Å². The highest BCUT2D eigenvalue weighted by atomic mass is 16.6. The smallest absolute Gasteiger partial charge is 0.317 e. The van der Waals surface area contributed by atoms with Gasteiger partial charge in [0, 0.05) is 6.92 Å². The van der Waals surface area contributed by atoms with Crippen LogP contribution in [0.5, 0.6) is 0 Å². The van der Waals surface area contributed by atoms with E-state index < -0.39 is 11.9 Å². The lowest BCUT2D eigenvalue weighted by molar-refractivity contribution is -0.157. The van der Waals surface area contributed by atoms with Crippen LogP contribution in [-0.2, 0) is 20.7 Å². The zero-order valence-corrected chi connectivity index (χ0v) is 9.16. The van der Waals surface area contributed by atoms with Gasteiger partial charge in [-0.1, -0.05) is 18.2 Å². The molecule has 0 aliphatic rings. The van der Waals surface area contributed by atoms with Crippen LogP contribution in [0.15, 0.2) is 18.2 Å². The van der Waals surface area contributed by atoms with Gasteiger partial charge in [-0.05, 0) is 30.5 Å². The molecule has 1 aromatic rings. The lowest BCUT2D eigenvalue weighted by atomic mass is 10.0. The van der Waals surface area contributed by atoms with Gasteiger partial charge in [0.05, 0.1) is 6.42 Å². The zero-order valence-electron chi connectivity index (χ0n) is 9.16. The van der Waals surface area contributed by atoms with Crippen molar-refractivity contribution in [2.45, 2.75) is 27.2 Å². The van der Waals surface area contributed by atoms with E-state index in [2.05, 4.69) is 4.74 Å². The van der Waals surface area contributed by atoms with Gasteiger partial charge >= 0.3 is 11.9 Å². The quantitative estimate of drug-likeness (QED) is 0.548. The minimum absolute atomic E-state index is 0.146. The molecule has 80 valence electrons. The highest BCUT2D eigenvalue weighted by Gasteiger charge is 2.09. The summed E-state index contributed by atoms with van der Waals surface area (Å²) in [5.74, 6) is -1.07. The molecule has 1 aromatic carbocycles. The molecular weight excluding hydrogens is 192 g/mol. The standard InChI is InChI=1S/C12H14O3/c1-8-5-4-6-11(9(8)2)7-12(14)15-10(3)13/h4-6H,7H2,1-3H3. The van der Waals surface area contributed by atoms with Gasteiger partial charge in [-0.3, -0.25) is 9.59 Å². The van der Waals surface area contributed by atoms with E-state index in [0.29, 0.717) is 0 Å². The number of hydrogen-bond donors (Lipinski definition) is 0. The highest BCUT2D eigenvalue weighted by Crippen LogP contribution is 2.13. The van der Waals surface area contributed by atoms with Crippen molar-refractivity contribution in [3.05, 3.63) is 34.9 Å². The number of carbonyl (C=O) groups excluding carboxylic acids is 2. The maximum absolute atomic E-state index is 11.2. The summed E-state index contributed by atoms with van der Waals surface area (Å²) in [6, 6.07) is 5.73. The average molecular weight is 206 g/mol. The molecule has 15 heavy (non-hydrogen) atoms. The third-order valence-electron chi connectivity index (χ3n) is 2.31. The van der Waals surface area contributed by atoms with Crippen LogP contribution in [0.3, 0.4) is 0 Å². The topological polar surface area (TPSA) is 43.4 Å². The summed E-state index contributed by atoms with van der Waals surface area (Å²) in [4.78, 5) is 21.8. The molecule has 0 bridgehead atoms. The van der Waals surface area contributed by atoms with E-state index in [0.717, 1.165) is 16.7 Å². The third-order valence-corrected chi connectivity index (χ3v) is 2.31. The van der Waals surface area contributed by atoms with Crippen LogP contribution in [0.4, 0.5) is 0 Å². The molecule has 3 nitrogen and oxygen atoms in total. The summed E-state index contributed by atoms with van der Waals surface area (Å²) in [7, 11) is 0. The highest BCUT2D eigenvalue weighted by molar-refractivity contribution is 5.85. The first-order chi connectivity index (χ1) is 7.00. The SMILES string of the molecule is CC(=O)OC(=O)Cc1cccc(C)c1C. The monoisotopic (exact) mass is 206 g/mol. The van der Waals surface area contributed by atoms with Gasteiger partial charge < -0.3 is 4.74 Å². The molecule has 0 radical (unpaired) electrons. The van der Waals surface area contributed by atoms with Gasteiger partial charge in [0.25, 0.3) is 0 Å². The summed E-state index contributed by atoms with van der Waals surface area (Å²) < 4.78 is 4.47. The predicted octanol–water partition coefficient (Wildman–Crippen LogP) is 1.94. The molecule has 0 aliphatic carbocycles. The summed E-state index contributed by atoms with van der Waals surface area (Å²) in [5.41, 5.74) is 3.10. The lowest BCUT2D eigenvalue weighted by Crippen LogP contribution is -2.12. The molecule has 0 fully saturated rings. The molecule has 0 amide bonds. The zero-order chi connectivity index (χ0) is 11.4. The summed E-state index contributed by atoms with van der Waals surface area (Å²) in [5, 5.41) is 0. The first-order valence-corrected chi connectivity index (χ1v) is 4.77. The molecule has 0 aliphatic heterocycles. The fraction of sp³-hybridized carbons (Fsp3) is 0.333. The van der Waals surface area contributed by atoms with Crippen molar-refractivity contribution in [3.63, 3.8) is 0 Å². The fourth-order valence-electron chi connectivity index (χ4n) is 1.36. The third kappa shape index (κ3) is 3.20. The Balaban J connectivity index is 2.77. The van der Waals surface area contributed by atoms with Gasteiger partial charge in [0.2, 0.25) is 0 Å². The second-order valence-electron chi connectivity index (χ2n) is 3.50. The average Bonchev–Trinajstić information content (AvgIpc) is 2.11. The minimum atomic E-state index is -0.565. The normalized spacial score (nSPS) is 9.80. The van der Waals surface area contributed by atoms with Crippen molar-refractivity contribution in [2.24, 2.45) is 0 Å². The van der Waals surface area contributed by atoms with Gasteiger partial charge in [0.15, 0.2) is 0 Å². The summed E-state index contributed by atoms with van der Waals surface area (Å²) >= 11 is 0. The number of hydrogen-bond acceptors (Lipinski definition) is 3. The van der Waals surface area contributed by atoms with E-state index in [-0.39, 0.29) is 6.42 Å². The number of aryl methyl sites for hydroxylation is 1. The van der Waals surface area contributed by atoms with Crippen LogP contribution in [-0.4, -0.2) is 11.9 Å². The molecule has 0 saturated carbocycles. The summed E-state index contributed by atoms with van der Waals surface area (Å²) in [6.45, 7) is 5.15. The first-order valence-electron chi connectivity index (χ1n) is 4.77. The molecule has 0 saturated heterocycles. The van der Waals surface area contributed by atoms with Crippen molar-refractivity contribution in [3.8, 4) is 0 Å². The second-order valence-corrected chi connectivity index (χ2v) is 3.50. The lowest BCUT2D eigenvalue weighted by Gasteiger charge is -2.06. The van der Waals surface area contributed by atoms with Crippen molar-refractivity contribution in [1.29, 1.82) is 0 Å². The van der Waals surface area contributed by atoms with Crippen LogP contribution in [0.1, 0.15) is 23.6 Å². The van der Waals surface area contributed by atoms with Crippen molar-refractivity contribution in [1.82, 2.24) is 0 Å². The number of esters is 2. The number of benzene rings is 1. The Morgan fingerprint density at radius 1 is 1.27 bits per heavy atom. The van der Waals surface area contributed by atoms with Crippen LogP contribution in [0.2, 0.25) is 0 Å². The second kappa shape index (κ2) is 4.73. The van der Waals surface area contributed by atoms with Crippen molar-refractivity contribution in [2.75, 3.05) is 0 Å². The van der Waals surface area contributed by atoms with Crippen LogP contribution in [0.25, 0.3) is 0 Å². The van der Waals surface area contributed by atoms with E-state index in [9.17, 15) is 9.59 Å². The van der Waals surface area contributed by atoms with E-state index in [4.69, 9.17) is 0 Å². The number of rotatable bonds is 2. The molecule has 0 aromatic heterocycles. The first kappa shape index (κ1) is 11.4. The van der Waals surface area contributed by atoms with E-state index in [1.165, 1.54) is 6.92 Å².